The second kappa shape index (κ2) is 7.63. The second-order valence-electron chi connectivity index (χ2n) is 9.91. The Morgan fingerprint density at radius 3 is 2.66 bits per heavy atom. The molecule has 0 saturated heterocycles. The molecule has 0 unspecified atom stereocenters. The molecule has 0 spiro atoms. The van der Waals surface area contributed by atoms with Crippen molar-refractivity contribution in [1.29, 1.82) is 0 Å². The summed E-state index contributed by atoms with van der Waals surface area (Å²) >= 11 is 0. The van der Waals surface area contributed by atoms with Gasteiger partial charge in [0.2, 0.25) is 0 Å². The average molecular weight is 429 g/mol. The highest BCUT2D eigenvalue weighted by molar-refractivity contribution is 7.85. The molecule has 0 radical (unpaired) electrons. The molecule has 0 amide bonds. The van der Waals surface area contributed by atoms with Crippen LogP contribution in [0.25, 0.3) is 0 Å². The largest absolute Gasteiger partial charge is 0.462 e. The molecule has 5 nitrogen and oxygen atoms in total. The van der Waals surface area contributed by atoms with Crippen LogP contribution in [0.2, 0.25) is 0 Å². The molecule has 7 heteroatoms. The van der Waals surface area contributed by atoms with Crippen molar-refractivity contribution >= 4 is 16.1 Å². The third-order valence-electron chi connectivity index (χ3n) is 8.22. The zero-order valence-electron chi connectivity index (χ0n) is 17.7. The average Bonchev–Trinajstić information content (AvgIpc) is 2.95. The number of alkyl halides is 1. The van der Waals surface area contributed by atoms with Crippen molar-refractivity contribution in [3.05, 3.63) is 11.1 Å². The number of esters is 1. The monoisotopic (exact) mass is 428 g/mol. The zero-order valence-corrected chi connectivity index (χ0v) is 18.5. The van der Waals surface area contributed by atoms with Gasteiger partial charge in [-0.25, -0.2) is 4.39 Å². The van der Waals surface area contributed by atoms with Gasteiger partial charge in [0.15, 0.2) is 0 Å². The van der Waals surface area contributed by atoms with Crippen molar-refractivity contribution in [2.45, 2.75) is 77.5 Å². The van der Waals surface area contributed by atoms with E-state index in [-0.39, 0.29) is 30.0 Å². The molecule has 2 saturated carbocycles. The Kier molecular flexibility index (Phi) is 5.60. The fourth-order valence-corrected chi connectivity index (χ4v) is 7.45. The molecule has 7 atom stereocenters. The first-order valence-corrected chi connectivity index (χ1v) is 12.8. The maximum Gasteiger partial charge on any atom is 0.302 e. The van der Waals surface area contributed by atoms with Crippen LogP contribution in [0.15, 0.2) is 11.1 Å². The summed E-state index contributed by atoms with van der Waals surface area (Å²) < 4.78 is 48.3. The third kappa shape index (κ3) is 4.01. The molecule has 0 aromatic rings. The quantitative estimate of drug-likeness (QED) is 0.382. The van der Waals surface area contributed by atoms with Gasteiger partial charge in [0.1, 0.15) is 12.3 Å². The van der Waals surface area contributed by atoms with Crippen molar-refractivity contribution < 1.29 is 26.5 Å². The van der Waals surface area contributed by atoms with Crippen LogP contribution in [0.3, 0.4) is 0 Å². The molecule has 4 aliphatic carbocycles. The standard InChI is InChI=1S/C22H33FO5S/c1-13(24)28-21-7-6-20-19-10-14(12-27-29(3,25)26)18-11-15(23)4-5-16(18)17(19)8-9-22(20,21)2/h14-15,17,19-21H,4-12H2,1-3H3/t14-,15-,17+,19+,20-,21-,22-/m0/s1. The predicted molar refractivity (Wildman–Crippen MR) is 107 cm³/mol. The number of carbonyl (C=O) groups excluding carboxylic acids is 1. The summed E-state index contributed by atoms with van der Waals surface area (Å²) in [7, 11) is -3.53. The Hall–Kier alpha value is -0.950. The summed E-state index contributed by atoms with van der Waals surface area (Å²) in [5, 5.41) is 0. The molecule has 2 fully saturated rings. The Labute approximate surface area is 173 Å². The van der Waals surface area contributed by atoms with Crippen LogP contribution in [0.4, 0.5) is 4.39 Å². The van der Waals surface area contributed by atoms with E-state index in [0.29, 0.717) is 30.6 Å². The number of fused-ring (bicyclic) bond motifs is 4. The van der Waals surface area contributed by atoms with Gasteiger partial charge in [-0.2, -0.15) is 8.42 Å². The summed E-state index contributed by atoms with van der Waals surface area (Å²) in [6, 6.07) is 0. The number of rotatable bonds is 4. The van der Waals surface area contributed by atoms with E-state index in [9.17, 15) is 17.6 Å². The van der Waals surface area contributed by atoms with Gasteiger partial charge < -0.3 is 4.74 Å². The van der Waals surface area contributed by atoms with E-state index in [1.54, 1.807) is 0 Å². The molecular weight excluding hydrogens is 395 g/mol. The van der Waals surface area contributed by atoms with Crippen LogP contribution in [0.1, 0.15) is 65.2 Å². The predicted octanol–water partition coefficient (Wildman–Crippen LogP) is 4.18. The first kappa shape index (κ1) is 21.3. The van der Waals surface area contributed by atoms with E-state index in [4.69, 9.17) is 8.92 Å². The Balaban J connectivity index is 1.63. The van der Waals surface area contributed by atoms with Gasteiger partial charge >= 0.3 is 5.97 Å². The minimum Gasteiger partial charge on any atom is -0.462 e. The van der Waals surface area contributed by atoms with Gasteiger partial charge in [-0.15, -0.1) is 0 Å². The lowest BCUT2D eigenvalue weighted by Crippen LogP contribution is -2.48. The van der Waals surface area contributed by atoms with Crippen LogP contribution in [-0.2, 0) is 23.8 Å². The van der Waals surface area contributed by atoms with Crippen LogP contribution >= 0.6 is 0 Å². The lowest BCUT2D eigenvalue weighted by atomic mass is 9.52. The summed E-state index contributed by atoms with van der Waals surface area (Å²) in [6.45, 7) is 3.86. The zero-order chi connectivity index (χ0) is 21.0. The molecule has 0 aromatic heterocycles. The van der Waals surface area contributed by atoms with Crippen molar-refractivity contribution in [3.8, 4) is 0 Å². The van der Waals surface area contributed by atoms with Crippen LogP contribution in [0, 0.1) is 29.1 Å². The van der Waals surface area contributed by atoms with Crippen molar-refractivity contribution in [3.63, 3.8) is 0 Å². The number of ether oxygens (including phenoxy) is 1. The molecule has 4 aliphatic rings. The van der Waals surface area contributed by atoms with E-state index in [2.05, 4.69) is 6.92 Å². The molecule has 0 bridgehead atoms. The van der Waals surface area contributed by atoms with E-state index in [1.807, 2.05) is 0 Å². The van der Waals surface area contributed by atoms with E-state index in [1.165, 1.54) is 12.5 Å². The highest BCUT2D eigenvalue weighted by Crippen LogP contribution is 2.62. The highest BCUT2D eigenvalue weighted by atomic mass is 32.2. The van der Waals surface area contributed by atoms with Crippen molar-refractivity contribution in [2.24, 2.45) is 29.1 Å². The third-order valence-corrected chi connectivity index (χ3v) is 8.78. The van der Waals surface area contributed by atoms with Gasteiger partial charge in [-0.05, 0) is 62.7 Å². The van der Waals surface area contributed by atoms with E-state index < -0.39 is 16.3 Å². The second-order valence-corrected chi connectivity index (χ2v) is 11.6. The van der Waals surface area contributed by atoms with Gasteiger partial charge in [0.25, 0.3) is 10.1 Å². The molecule has 0 N–H and O–H groups in total. The maximum atomic E-state index is 14.2. The number of hydrogen-bond acceptors (Lipinski definition) is 5. The summed E-state index contributed by atoms with van der Waals surface area (Å²) in [6.07, 6.45) is 6.83. The first-order chi connectivity index (χ1) is 13.6. The van der Waals surface area contributed by atoms with Gasteiger partial charge in [0.05, 0.1) is 12.9 Å². The van der Waals surface area contributed by atoms with Crippen molar-refractivity contribution in [2.75, 3.05) is 12.9 Å². The molecule has 0 heterocycles. The number of allylic oxidation sites excluding steroid dienone is 1. The molecule has 0 aliphatic heterocycles. The lowest BCUT2D eigenvalue weighted by Gasteiger charge is -2.53. The topological polar surface area (TPSA) is 69.7 Å². The lowest BCUT2D eigenvalue weighted by molar-refractivity contribution is -0.155. The SMILES string of the molecule is CC(=O)O[C@H]1CC[C@H]2[C@@H]3C[C@@H](COS(C)(=O)=O)C4=C(CC[C@H](F)C4)[C@H]3CC[C@]12C. The Morgan fingerprint density at radius 2 is 1.97 bits per heavy atom. The Bertz CT molecular complexity index is 806. The summed E-state index contributed by atoms with van der Waals surface area (Å²) in [5.41, 5.74) is 2.49. The maximum absolute atomic E-state index is 14.2. The van der Waals surface area contributed by atoms with Crippen LogP contribution < -0.4 is 0 Å². The minimum absolute atomic E-state index is 0.0234. The van der Waals surface area contributed by atoms with E-state index >= 15 is 0 Å². The Morgan fingerprint density at radius 1 is 1.21 bits per heavy atom. The molecule has 164 valence electrons. The number of halogens is 1. The summed E-state index contributed by atoms with van der Waals surface area (Å²) in [5.74, 6) is 1.09. The fourth-order valence-electron chi connectivity index (χ4n) is 7.04. The van der Waals surface area contributed by atoms with E-state index in [0.717, 1.165) is 50.4 Å². The molecule has 29 heavy (non-hydrogen) atoms. The van der Waals surface area contributed by atoms with Crippen LogP contribution in [-0.4, -0.2) is 39.5 Å². The number of hydrogen-bond donors (Lipinski definition) is 0. The summed E-state index contributed by atoms with van der Waals surface area (Å²) in [4.78, 5) is 11.6. The molecule has 0 aromatic carbocycles. The fraction of sp³-hybridized carbons (Fsp3) is 0.864. The minimum atomic E-state index is -3.53. The van der Waals surface area contributed by atoms with Crippen molar-refractivity contribution in [1.82, 2.24) is 0 Å². The normalized spacial score (nSPS) is 42.1. The van der Waals surface area contributed by atoms with Gasteiger partial charge in [-0.1, -0.05) is 18.1 Å². The molecular formula is C22H33FO5S. The number of carbonyl (C=O) groups is 1. The molecule has 4 rings (SSSR count). The highest BCUT2D eigenvalue weighted by Gasteiger charge is 2.57. The smallest absolute Gasteiger partial charge is 0.302 e. The van der Waals surface area contributed by atoms with Crippen LogP contribution in [0.5, 0.6) is 0 Å². The van der Waals surface area contributed by atoms with Gasteiger partial charge in [-0.3, -0.25) is 8.98 Å². The first-order valence-electron chi connectivity index (χ1n) is 11.0. The van der Waals surface area contributed by atoms with Gasteiger partial charge in [0, 0.05) is 24.7 Å².